The number of aromatic nitrogens is 2. The molecule has 6 nitrogen and oxygen atoms in total. The lowest BCUT2D eigenvalue weighted by Crippen LogP contribution is -2.16. The number of rotatable bonds is 7. The Morgan fingerprint density at radius 1 is 1.00 bits per heavy atom. The summed E-state index contributed by atoms with van der Waals surface area (Å²) in [6, 6.07) is 17.0. The van der Waals surface area contributed by atoms with Crippen LogP contribution < -0.4 is 15.4 Å². The van der Waals surface area contributed by atoms with Crippen LogP contribution in [0.15, 0.2) is 60.7 Å². The summed E-state index contributed by atoms with van der Waals surface area (Å²) in [5, 5.41) is 13.8. The number of carbonyl (C=O) groups is 1. The molecule has 138 valence electrons. The van der Waals surface area contributed by atoms with Crippen LogP contribution in [0.3, 0.4) is 0 Å². The minimum Gasteiger partial charge on any atom is -0.497 e. The summed E-state index contributed by atoms with van der Waals surface area (Å²) in [6.07, 6.45) is 0.0664. The highest BCUT2D eigenvalue weighted by Crippen LogP contribution is 2.13. The second kappa shape index (κ2) is 8.75. The van der Waals surface area contributed by atoms with Crippen LogP contribution in [0.2, 0.25) is 0 Å². The van der Waals surface area contributed by atoms with Gasteiger partial charge in [-0.1, -0.05) is 24.3 Å². The zero-order valence-corrected chi connectivity index (χ0v) is 14.8. The molecule has 1 amide bonds. The van der Waals surface area contributed by atoms with E-state index in [4.69, 9.17) is 4.74 Å². The number of carbonyl (C=O) groups excluding carboxylic acids is 1. The van der Waals surface area contributed by atoms with Crippen molar-refractivity contribution in [2.75, 3.05) is 17.7 Å². The van der Waals surface area contributed by atoms with Crippen molar-refractivity contribution < 1.29 is 13.9 Å². The van der Waals surface area contributed by atoms with Crippen LogP contribution >= 0.6 is 0 Å². The Kier molecular flexibility index (Phi) is 5.94. The quantitative estimate of drug-likeness (QED) is 0.670. The van der Waals surface area contributed by atoms with Crippen molar-refractivity contribution in [3.63, 3.8) is 0 Å². The highest BCUT2D eigenvalue weighted by atomic mass is 19.1. The minimum atomic E-state index is -0.368. The van der Waals surface area contributed by atoms with Crippen LogP contribution in [0.1, 0.15) is 11.1 Å². The lowest BCUT2D eigenvalue weighted by molar-refractivity contribution is -0.115. The number of methoxy groups -OCH3 is 1. The highest BCUT2D eigenvalue weighted by molar-refractivity contribution is 5.91. The van der Waals surface area contributed by atoms with E-state index in [0.29, 0.717) is 23.7 Å². The second-order valence-corrected chi connectivity index (χ2v) is 5.86. The van der Waals surface area contributed by atoms with E-state index in [2.05, 4.69) is 20.8 Å². The topological polar surface area (TPSA) is 76.1 Å². The molecular formula is C20H19FN4O2. The normalized spacial score (nSPS) is 10.3. The molecule has 0 atom stereocenters. The molecule has 0 saturated heterocycles. The van der Waals surface area contributed by atoms with Crippen LogP contribution in [0.25, 0.3) is 0 Å². The zero-order chi connectivity index (χ0) is 19.1. The molecular weight excluding hydrogens is 347 g/mol. The first-order valence-electron chi connectivity index (χ1n) is 8.37. The first-order chi connectivity index (χ1) is 13.1. The van der Waals surface area contributed by atoms with Gasteiger partial charge in [-0.15, -0.1) is 10.2 Å². The largest absolute Gasteiger partial charge is 0.497 e. The molecule has 27 heavy (non-hydrogen) atoms. The third kappa shape index (κ3) is 5.50. The number of benzene rings is 2. The summed E-state index contributed by atoms with van der Waals surface area (Å²) >= 11 is 0. The first-order valence-corrected chi connectivity index (χ1v) is 8.37. The van der Waals surface area contributed by atoms with Crippen LogP contribution in [-0.4, -0.2) is 23.2 Å². The van der Waals surface area contributed by atoms with Crippen LogP contribution in [0.4, 0.5) is 16.0 Å². The summed E-state index contributed by atoms with van der Waals surface area (Å²) in [5.74, 6) is 1.08. The van der Waals surface area contributed by atoms with Gasteiger partial charge in [0.15, 0.2) is 5.82 Å². The van der Waals surface area contributed by atoms with Crippen molar-refractivity contribution in [1.29, 1.82) is 0 Å². The number of halogens is 1. The maximum absolute atomic E-state index is 13.2. The van der Waals surface area contributed by atoms with Crippen LogP contribution in [0, 0.1) is 5.82 Å². The molecule has 0 spiro atoms. The molecule has 7 heteroatoms. The van der Waals surface area contributed by atoms with E-state index in [0.717, 1.165) is 11.3 Å². The third-order valence-corrected chi connectivity index (χ3v) is 3.82. The number of nitrogens with one attached hydrogen (secondary N) is 2. The molecule has 0 saturated carbocycles. The molecule has 0 bridgehead atoms. The van der Waals surface area contributed by atoms with E-state index in [1.54, 1.807) is 31.4 Å². The smallest absolute Gasteiger partial charge is 0.229 e. The van der Waals surface area contributed by atoms with Crippen molar-refractivity contribution in [1.82, 2.24) is 10.2 Å². The fourth-order valence-corrected chi connectivity index (χ4v) is 2.45. The summed E-state index contributed by atoms with van der Waals surface area (Å²) in [5.41, 5.74) is 1.67. The van der Waals surface area contributed by atoms with E-state index in [-0.39, 0.29) is 18.1 Å². The summed E-state index contributed by atoms with van der Waals surface area (Å²) in [4.78, 5) is 12.0. The Balaban J connectivity index is 1.51. The molecule has 1 heterocycles. The van der Waals surface area contributed by atoms with Crippen molar-refractivity contribution in [2.24, 2.45) is 0 Å². The van der Waals surface area contributed by atoms with Crippen LogP contribution in [-0.2, 0) is 17.8 Å². The molecule has 2 N–H and O–H groups in total. The summed E-state index contributed by atoms with van der Waals surface area (Å²) in [7, 11) is 1.63. The molecule has 1 aromatic heterocycles. The number of amides is 1. The highest BCUT2D eigenvalue weighted by Gasteiger charge is 2.06. The van der Waals surface area contributed by atoms with E-state index in [9.17, 15) is 9.18 Å². The van der Waals surface area contributed by atoms with Gasteiger partial charge >= 0.3 is 0 Å². The molecule has 0 fully saturated rings. The van der Waals surface area contributed by atoms with Crippen molar-refractivity contribution >= 4 is 17.5 Å². The molecule has 3 rings (SSSR count). The Labute approximate surface area is 156 Å². The monoisotopic (exact) mass is 366 g/mol. The predicted octanol–water partition coefficient (Wildman–Crippen LogP) is 3.42. The number of hydrogen-bond acceptors (Lipinski definition) is 5. The summed E-state index contributed by atoms with van der Waals surface area (Å²) < 4.78 is 18.3. The van der Waals surface area contributed by atoms with Gasteiger partial charge in [0, 0.05) is 6.54 Å². The third-order valence-electron chi connectivity index (χ3n) is 3.82. The van der Waals surface area contributed by atoms with Gasteiger partial charge in [-0.25, -0.2) is 4.39 Å². The molecule has 0 unspecified atom stereocenters. The number of hydrogen-bond donors (Lipinski definition) is 2. The average Bonchev–Trinajstić information content (AvgIpc) is 2.68. The minimum absolute atomic E-state index is 0.0664. The fourth-order valence-electron chi connectivity index (χ4n) is 2.45. The van der Waals surface area contributed by atoms with Gasteiger partial charge in [-0.05, 0) is 47.5 Å². The summed E-state index contributed by atoms with van der Waals surface area (Å²) in [6.45, 7) is 0.587. The zero-order valence-electron chi connectivity index (χ0n) is 14.8. The van der Waals surface area contributed by atoms with Gasteiger partial charge in [-0.2, -0.15) is 0 Å². The maximum Gasteiger partial charge on any atom is 0.229 e. The average molecular weight is 366 g/mol. The van der Waals surface area contributed by atoms with Gasteiger partial charge in [-0.3, -0.25) is 4.79 Å². The van der Waals surface area contributed by atoms with Crippen molar-refractivity contribution in [3.8, 4) is 5.75 Å². The Hall–Kier alpha value is -3.48. The fraction of sp³-hybridized carbons (Fsp3) is 0.150. The molecule has 3 aromatic rings. The molecule has 0 radical (unpaired) electrons. The molecule has 0 aliphatic carbocycles. The van der Waals surface area contributed by atoms with Crippen molar-refractivity contribution in [2.45, 2.75) is 13.0 Å². The molecule has 0 aliphatic rings. The number of nitrogens with zero attached hydrogens (tertiary/aromatic N) is 2. The Bertz CT molecular complexity index is 899. The maximum atomic E-state index is 13.2. The van der Waals surface area contributed by atoms with Gasteiger partial charge in [0.05, 0.1) is 13.5 Å². The second-order valence-electron chi connectivity index (χ2n) is 5.86. The van der Waals surface area contributed by atoms with E-state index < -0.39 is 0 Å². The number of anilines is 2. The van der Waals surface area contributed by atoms with Gasteiger partial charge in [0.2, 0.25) is 5.91 Å². The van der Waals surface area contributed by atoms with Gasteiger partial charge in [0.25, 0.3) is 0 Å². The molecule has 0 aliphatic heterocycles. The van der Waals surface area contributed by atoms with E-state index in [1.165, 1.54) is 12.1 Å². The van der Waals surface area contributed by atoms with E-state index >= 15 is 0 Å². The van der Waals surface area contributed by atoms with Crippen molar-refractivity contribution in [3.05, 3.63) is 77.6 Å². The SMILES string of the molecule is COc1ccc(CNc2ccc(NC(=O)Cc3cccc(F)c3)nn2)cc1. The lowest BCUT2D eigenvalue weighted by atomic mass is 10.1. The van der Waals surface area contributed by atoms with E-state index in [1.807, 2.05) is 24.3 Å². The standard InChI is InChI=1S/C20H19FN4O2/c1-27-17-7-5-14(6-8-17)13-22-18-9-10-19(25-24-18)23-20(26)12-15-3-2-4-16(21)11-15/h2-11H,12-13H2,1H3,(H,22,24)(H,23,25,26). The van der Waals surface area contributed by atoms with Gasteiger partial charge < -0.3 is 15.4 Å². The number of ether oxygens (including phenoxy) is 1. The van der Waals surface area contributed by atoms with Crippen LogP contribution in [0.5, 0.6) is 5.75 Å². The first kappa shape index (κ1) is 18.3. The molecule has 2 aromatic carbocycles. The Morgan fingerprint density at radius 3 is 2.41 bits per heavy atom. The predicted molar refractivity (Wildman–Crippen MR) is 101 cm³/mol. The lowest BCUT2D eigenvalue weighted by Gasteiger charge is -2.08. The van der Waals surface area contributed by atoms with Gasteiger partial charge in [0.1, 0.15) is 17.4 Å². The Morgan fingerprint density at radius 2 is 1.74 bits per heavy atom.